The van der Waals surface area contributed by atoms with Crippen molar-refractivity contribution in [3.8, 4) is 22.3 Å². The summed E-state index contributed by atoms with van der Waals surface area (Å²) < 4.78 is 0. The quantitative estimate of drug-likeness (QED) is 0.164. The van der Waals surface area contributed by atoms with Crippen molar-refractivity contribution in [2.75, 3.05) is 9.80 Å². The van der Waals surface area contributed by atoms with Crippen LogP contribution in [-0.2, 0) is 16.2 Å². The van der Waals surface area contributed by atoms with Gasteiger partial charge in [-0.15, -0.1) is 0 Å². The summed E-state index contributed by atoms with van der Waals surface area (Å²) in [5, 5.41) is 5.02. The van der Waals surface area contributed by atoms with Crippen LogP contribution >= 0.6 is 0 Å². The minimum absolute atomic E-state index is 0.0252. The number of hydrogen-bond donors (Lipinski definition) is 0. The predicted octanol–water partition coefficient (Wildman–Crippen LogP) is 19.7. The lowest BCUT2D eigenvalue weighted by Gasteiger charge is -2.34. The van der Waals surface area contributed by atoms with Crippen molar-refractivity contribution in [1.29, 1.82) is 0 Å². The third kappa shape index (κ3) is 7.20. The first-order valence-electron chi connectivity index (χ1n) is 26.2. The maximum atomic E-state index is 2.53. The number of rotatable bonds is 6. The van der Waals surface area contributed by atoms with Gasteiger partial charge in [0, 0.05) is 34.1 Å². The van der Waals surface area contributed by atoms with Crippen LogP contribution in [0.5, 0.6) is 0 Å². The summed E-state index contributed by atoms with van der Waals surface area (Å²) in [4.78, 5) is 4.86. The molecule has 0 aromatic heterocycles. The van der Waals surface area contributed by atoms with Gasteiger partial charge in [0.2, 0.25) is 0 Å². The van der Waals surface area contributed by atoms with Crippen molar-refractivity contribution in [3.63, 3.8) is 0 Å². The summed E-state index contributed by atoms with van der Waals surface area (Å²) >= 11 is 0. The topological polar surface area (TPSA) is 6.48 Å². The Morgan fingerprint density at radius 2 is 0.685 bits per heavy atom. The normalized spacial score (nSPS) is 13.3. The van der Waals surface area contributed by atoms with E-state index in [1.165, 1.54) is 122 Å². The summed E-state index contributed by atoms with van der Waals surface area (Å²) in [6.45, 7) is 27.5. The van der Waals surface area contributed by atoms with Gasteiger partial charge >= 0.3 is 0 Å². The number of fused-ring (bicyclic) bond motifs is 14. The Morgan fingerprint density at radius 3 is 1.04 bits per heavy atom. The summed E-state index contributed by atoms with van der Waals surface area (Å²) in [6.07, 6.45) is 0. The van der Waals surface area contributed by atoms with E-state index in [0.717, 1.165) is 22.7 Å². The van der Waals surface area contributed by atoms with Crippen LogP contribution < -0.4 is 9.80 Å². The molecule has 2 aliphatic carbocycles. The molecule has 0 atom stereocenters. The van der Waals surface area contributed by atoms with Crippen LogP contribution in [0.1, 0.15) is 108 Å². The molecule has 73 heavy (non-hydrogen) atoms. The molecular formula is C71H66N2. The van der Waals surface area contributed by atoms with E-state index in [2.05, 4.69) is 275 Å². The predicted molar refractivity (Wildman–Crippen MR) is 313 cm³/mol. The second-order valence-electron chi connectivity index (χ2n) is 23.3. The number of benzene rings is 10. The first-order valence-corrected chi connectivity index (χ1v) is 26.2. The van der Waals surface area contributed by atoms with Crippen LogP contribution in [0.25, 0.3) is 43.8 Å². The molecule has 10 aromatic carbocycles. The van der Waals surface area contributed by atoms with Crippen molar-refractivity contribution in [1.82, 2.24) is 0 Å². The lowest BCUT2D eigenvalue weighted by molar-refractivity contribution is 0.589. The number of hydrogen-bond acceptors (Lipinski definition) is 2. The van der Waals surface area contributed by atoms with Crippen LogP contribution in [0, 0.1) is 41.5 Å². The van der Waals surface area contributed by atoms with E-state index in [9.17, 15) is 0 Å². The molecule has 0 heterocycles. The number of anilines is 6. The summed E-state index contributed by atoms with van der Waals surface area (Å²) in [5.41, 5.74) is 27.6. The van der Waals surface area contributed by atoms with Gasteiger partial charge in [-0.2, -0.15) is 0 Å². The first kappa shape index (κ1) is 46.4. The highest BCUT2D eigenvalue weighted by Gasteiger charge is 2.54. The Kier molecular flexibility index (Phi) is 10.6. The van der Waals surface area contributed by atoms with Gasteiger partial charge in [0.25, 0.3) is 0 Å². The number of aryl methyl sites for hydroxylation is 4. The van der Waals surface area contributed by atoms with Crippen LogP contribution in [0.3, 0.4) is 0 Å². The minimum Gasteiger partial charge on any atom is -0.310 e. The zero-order chi connectivity index (χ0) is 50.9. The van der Waals surface area contributed by atoms with E-state index in [0.29, 0.717) is 0 Å². The van der Waals surface area contributed by atoms with Gasteiger partial charge < -0.3 is 9.80 Å². The Labute approximate surface area is 433 Å². The molecule has 0 amide bonds. The molecule has 0 N–H and O–H groups in total. The Hall–Kier alpha value is -7.68. The molecule has 1 spiro atoms. The van der Waals surface area contributed by atoms with E-state index >= 15 is 0 Å². The summed E-state index contributed by atoms with van der Waals surface area (Å²) in [7, 11) is 0. The molecule has 0 saturated heterocycles. The van der Waals surface area contributed by atoms with Crippen molar-refractivity contribution in [2.45, 2.75) is 99.3 Å². The molecule has 360 valence electrons. The molecular weight excluding hydrogens is 881 g/mol. The summed E-state index contributed by atoms with van der Waals surface area (Å²) in [6, 6.07) is 70.1. The summed E-state index contributed by atoms with van der Waals surface area (Å²) in [5.74, 6) is 0. The second-order valence-corrected chi connectivity index (χ2v) is 23.3. The maximum Gasteiger partial charge on any atom is 0.0737 e. The van der Waals surface area contributed by atoms with Crippen LogP contribution in [0.2, 0.25) is 0 Å². The third-order valence-corrected chi connectivity index (χ3v) is 16.8. The molecule has 2 heteroatoms. The van der Waals surface area contributed by atoms with Crippen molar-refractivity contribution >= 4 is 55.7 Å². The van der Waals surface area contributed by atoms with Crippen LogP contribution in [-0.4, -0.2) is 0 Å². The van der Waals surface area contributed by atoms with Gasteiger partial charge in [0.1, 0.15) is 0 Å². The van der Waals surface area contributed by atoms with Gasteiger partial charge in [0.15, 0.2) is 0 Å². The molecule has 0 aliphatic heterocycles. The average molecular weight is 947 g/mol. The van der Waals surface area contributed by atoms with Crippen LogP contribution in [0.4, 0.5) is 34.1 Å². The molecule has 2 nitrogen and oxygen atoms in total. The third-order valence-electron chi connectivity index (χ3n) is 16.8. The van der Waals surface area contributed by atoms with Gasteiger partial charge in [-0.05, 0) is 236 Å². The molecule has 0 fully saturated rings. The fraction of sp³-hybridized carbons (Fsp3) is 0.211. The maximum absolute atomic E-state index is 2.53. The number of para-hydroxylation sites is 2. The fourth-order valence-electron chi connectivity index (χ4n) is 12.4. The highest BCUT2D eigenvalue weighted by molar-refractivity contribution is 6.10. The van der Waals surface area contributed by atoms with Gasteiger partial charge in [-0.25, -0.2) is 0 Å². The van der Waals surface area contributed by atoms with Crippen molar-refractivity contribution < 1.29 is 0 Å². The van der Waals surface area contributed by atoms with E-state index < -0.39 is 5.41 Å². The van der Waals surface area contributed by atoms with Crippen molar-refractivity contribution in [3.05, 3.63) is 249 Å². The van der Waals surface area contributed by atoms with Gasteiger partial charge in [-0.3, -0.25) is 0 Å². The van der Waals surface area contributed by atoms with E-state index in [4.69, 9.17) is 0 Å². The monoisotopic (exact) mass is 947 g/mol. The van der Waals surface area contributed by atoms with E-state index in [1.807, 2.05) is 0 Å². The first-order chi connectivity index (χ1) is 34.9. The lowest BCUT2D eigenvalue weighted by atomic mass is 9.68. The molecule has 10 aromatic rings. The fourth-order valence-corrected chi connectivity index (χ4v) is 12.4. The molecule has 0 saturated carbocycles. The highest BCUT2D eigenvalue weighted by atomic mass is 15.1. The SMILES string of the molecule is Cc1cc(N(c2ccccc2)c2ccc3c4c(ccc3c2)-c2ccc3cc(N(c5ccccc5)c5cc(C)c(C)c(C)c5)ccc3c2C42c3ccc(C(C)(C)C)cc3-c3cc(C(C)(C)C)ccc32)cc(C)c1C. The largest absolute Gasteiger partial charge is 0.310 e. The van der Waals surface area contributed by atoms with Gasteiger partial charge in [-0.1, -0.05) is 151 Å². The zero-order valence-corrected chi connectivity index (χ0v) is 44.7. The van der Waals surface area contributed by atoms with Crippen LogP contribution in [0.15, 0.2) is 182 Å². The standard InChI is InChI=1S/C71H66N2/c1-43-35-57(36-44(2)47(43)5)72(53-19-15-13-16-20-53)55-27-31-59-49(39-55)23-29-61-62-30-24-50-40-56(73(54-21-17-14-18-22-54)58-37-45(3)48(6)46(4)38-58)28-32-60(50)68(62)71(67(59)61)65-33-25-51(69(7,8)9)41-63(65)64-42-52(70(10,11)12)26-34-66(64)71/h13-42H,1-12H3. The molecule has 0 radical (unpaired) electrons. The Balaban J connectivity index is 1.15. The lowest BCUT2D eigenvalue weighted by Crippen LogP contribution is -2.27. The van der Waals surface area contributed by atoms with Crippen molar-refractivity contribution in [2.24, 2.45) is 0 Å². The highest BCUT2D eigenvalue weighted by Crippen LogP contribution is 2.66. The number of nitrogens with zero attached hydrogens (tertiary/aromatic N) is 2. The molecule has 0 bridgehead atoms. The Morgan fingerprint density at radius 1 is 0.315 bits per heavy atom. The van der Waals surface area contributed by atoms with Gasteiger partial charge in [0.05, 0.1) is 5.41 Å². The van der Waals surface area contributed by atoms with E-state index in [1.54, 1.807) is 0 Å². The smallest absolute Gasteiger partial charge is 0.0737 e. The molecule has 2 aliphatic rings. The second kappa shape index (κ2) is 16.7. The minimum atomic E-state index is -0.598. The zero-order valence-electron chi connectivity index (χ0n) is 44.7. The Bertz CT molecular complexity index is 3580. The molecule has 0 unspecified atom stereocenters. The average Bonchev–Trinajstić information content (AvgIpc) is 3.88. The van der Waals surface area contributed by atoms with E-state index in [-0.39, 0.29) is 10.8 Å². The molecule has 12 rings (SSSR count).